The molecule has 2 aromatic carbocycles. The van der Waals surface area contributed by atoms with Gasteiger partial charge < -0.3 is 5.11 Å². The zero-order valence-corrected chi connectivity index (χ0v) is 17.4. The number of aromatic carboxylic acids is 1. The Morgan fingerprint density at radius 3 is 2.52 bits per heavy atom. The highest BCUT2D eigenvalue weighted by molar-refractivity contribution is 7.92. The first-order chi connectivity index (χ1) is 13.7. The van der Waals surface area contributed by atoms with Gasteiger partial charge in [0, 0.05) is 15.3 Å². The third-order valence-electron chi connectivity index (χ3n) is 4.38. The molecule has 8 heteroatoms. The van der Waals surface area contributed by atoms with Crippen molar-refractivity contribution in [3.63, 3.8) is 0 Å². The van der Waals surface area contributed by atoms with E-state index in [9.17, 15) is 23.6 Å². The molecule has 2 N–H and O–H groups in total. The van der Waals surface area contributed by atoms with Crippen LogP contribution in [0.25, 0.3) is 10.4 Å². The molecule has 3 rings (SSSR count). The number of sulfonamides is 1. The Hall–Kier alpha value is -3.15. The topological polar surface area (TPSA) is 107 Å². The standard InChI is InChI=1S/C21H18N2O4S2/c1-3-15-6-7-16(21(24)25)11-20(15)29(26,27)23-18-10-14(12-22)5-8-17(18)19-9-4-13(2)28-19/h4-11,23H,3H2,1-2H3,(H,24,25). The number of nitrogens with zero attached hydrogens (tertiary/aromatic N) is 1. The van der Waals surface area contributed by atoms with Crippen LogP contribution in [0.5, 0.6) is 0 Å². The van der Waals surface area contributed by atoms with Crippen LogP contribution in [0.1, 0.15) is 33.3 Å². The number of aryl methyl sites for hydroxylation is 2. The fraction of sp³-hybridized carbons (Fsp3) is 0.143. The van der Waals surface area contributed by atoms with E-state index in [1.165, 1.54) is 29.5 Å². The molecule has 0 bridgehead atoms. The third-order valence-corrected chi connectivity index (χ3v) is 6.87. The molecule has 0 spiro atoms. The highest BCUT2D eigenvalue weighted by Gasteiger charge is 2.22. The average Bonchev–Trinajstić information content (AvgIpc) is 3.13. The summed E-state index contributed by atoms with van der Waals surface area (Å²) in [6.45, 7) is 3.75. The highest BCUT2D eigenvalue weighted by Crippen LogP contribution is 2.35. The second-order valence-corrected chi connectivity index (χ2v) is 9.31. The van der Waals surface area contributed by atoms with Gasteiger partial charge in [0.15, 0.2) is 0 Å². The zero-order chi connectivity index (χ0) is 21.2. The summed E-state index contributed by atoms with van der Waals surface area (Å²) in [6, 6.07) is 14.7. The second kappa shape index (κ2) is 8.07. The van der Waals surface area contributed by atoms with Crippen molar-refractivity contribution in [3.05, 3.63) is 70.1 Å². The van der Waals surface area contributed by atoms with Crippen LogP contribution < -0.4 is 4.72 Å². The third kappa shape index (κ3) is 4.31. The predicted molar refractivity (Wildman–Crippen MR) is 113 cm³/mol. The molecule has 1 aromatic heterocycles. The van der Waals surface area contributed by atoms with Crippen LogP contribution in [-0.2, 0) is 16.4 Å². The smallest absolute Gasteiger partial charge is 0.335 e. The number of hydrogen-bond acceptors (Lipinski definition) is 5. The van der Waals surface area contributed by atoms with Crippen LogP contribution in [0.15, 0.2) is 53.4 Å². The van der Waals surface area contributed by atoms with Crippen LogP contribution in [-0.4, -0.2) is 19.5 Å². The van der Waals surface area contributed by atoms with Crippen LogP contribution in [0, 0.1) is 18.3 Å². The number of benzene rings is 2. The summed E-state index contributed by atoms with van der Waals surface area (Å²) in [4.78, 5) is 13.2. The Labute approximate surface area is 173 Å². The molecule has 0 saturated carbocycles. The summed E-state index contributed by atoms with van der Waals surface area (Å²) in [5, 5.41) is 18.5. The van der Waals surface area contributed by atoms with Gasteiger partial charge in [0.2, 0.25) is 0 Å². The van der Waals surface area contributed by atoms with Gasteiger partial charge in [-0.05, 0) is 55.3 Å². The van der Waals surface area contributed by atoms with E-state index in [1.54, 1.807) is 19.1 Å². The normalized spacial score (nSPS) is 11.1. The molecule has 0 radical (unpaired) electrons. The number of anilines is 1. The Balaban J connectivity index is 2.13. The number of thiophene rings is 1. The maximum absolute atomic E-state index is 13.2. The lowest BCUT2D eigenvalue weighted by Gasteiger charge is -2.15. The summed E-state index contributed by atoms with van der Waals surface area (Å²) >= 11 is 1.51. The molecule has 0 aliphatic carbocycles. The average molecular weight is 427 g/mol. The molecule has 0 saturated heterocycles. The van der Waals surface area contributed by atoms with Crippen molar-refractivity contribution in [3.8, 4) is 16.5 Å². The number of carboxylic acid groups (broad SMARTS) is 1. The van der Waals surface area contributed by atoms with E-state index in [1.807, 2.05) is 25.1 Å². The van der Waals surface area contributed by atoms with E-state index in [-0.39, 0.29) is 16.1 Å². The minimum absolute atomic E-state index is 0.0874. The first-order valence-corrected chi connectivity index (χ1v) is 11.0. The van der Waals surface area contributed by atoms with Gasteiger partial charge in [-0.2, -0.15) is 5.26 Å². The molecule has 29 heavy (non-hydrogen) atoms. The van der Waals surface area contributed by atoms with E-state index in [4.69, 9.17) is 0 Å². The molecule has 3 aromatic rings. The van der Waals surface area contributed by atoms with Crippen LogP contribution in [0.3, 0.4) is 0 Å². The fourth-order valence-corrected chi connectivity index (χ4v) is 5.24. The number of rotatable bonds is 6. The van der Waals surface area contributed by atoms with Crippen molar-refractivity contribution in [2.45, 2.75) is 25.2 Å². The molecule has 0 aliphatic heterocycles. The van der Waals surface area contributed by atoms with Gasteiger partial charge in [-0.1, -0.05) is 19.1 Å². The molecule has 0 atom stereocenters. The first kappa shape index (κ1) is 20.6. The lowest BCUT2D eigenvalue weighted by atomic mass is 10.1. The molecule has 0 fully saturated rings. The Bertz CT molecular complexity index is 1240. The van der Waals surface area contributed by atoms with Crippen LogP contribution in [0.2, 0.25) is 0 Å². The molecule has 0 amide bonds. The van der Waals surface area contributed by atoms with E-state index in [0.717, 1.165) is 15.8 Å². The van der Waals surface area contributed by atoms with E-state index < -0.39 is 16.0 Å². The van der Waals surface area contributed by atoms with Crippen molar-refractivity contribution in [2.24, 2.45) is 0 Å². The van der Waals surface area contributed by atoms with Gasteiger partial charge in [-0.3, -0.25) is 4.72 Å². The number of carboxylic acids is 1. The van der Waals surface area contributed by atoms with Gasteiger partial charge in [-0.25, -0.2) is 13.2 Å². The van der Waals surface area contributed by atoms with Crippen LogP contribution >= 0.6 is 11.3 Å². The van der Waals surface area contributed by atoms with E-state index in [2.05, 4.69) is 4.72 Å². The highest BCUT2D eigenvalue weighted by atomic mass is 32.2. The van der Waals surface area contributed by atoms with Gasteiger partial charge in [0.25, 0.3) is 10.0 Å². The monoisotopic (exact) mass is 426 g/mol. The second-order valence-electron chi connectivity index (χ2n) is 6.37. The van der Waals surface area contributed by atoms with Gasteiger partial charge >= 0.3 is 5.97 Å². The fourth-order valence-electron chi connectivity index (χ4n) is 2.92. The summed E-state index contributed by atoms with van der Waals surface area (Å²) in [6.07, 6.45) is 0.422. The van der Waals surface area contributed by atoms with Crippen molar-refractivity contribution in [2.75, 3.05) is 4.72 Å². The van der Waals surface area contributed by atoms with Crippen molar-refractivity contribution < 1.29 is 18.3 Å². The molecular formula is C21H18N2O4S2. The maximum atomic E-state index is 13.2. The SMILES string of the molecule is CCc1ccc(C(=O)O)cc1S(=O)(=O)Nc1cc(C#N)ccc1-c1ccc(C)s1. The molecule has 6 nitrogen and oxygen atoms in total. The summed E-state index contributed by atoms with van der Waals surface area (Å²) in [5.41, 5.74) is 1.64. The van der Waals surface area contributed by atoms with Gasteiger partial charge in [-0.15, -0.1) is 11.3 Å². The van der Waals surface area contributed by atoms with E-state index in [0.29, 0.717) is 23.1 Å². The van der Waals surface area contributed by atoms with E-state index >= 15 is 0 Å². The lowest BCUT2D eigenvalue weighted by Crippen LogP contribution is -2.16. The number of nitrogens with one attached hydrogen (secondary N) is 1. The maximum Gasteiger partial charge on any atom is 0.335 e. The summed E-state index contributed by atoms with van der Waals surface area (Å²) < 4.78 is 28.9. The molecule has 0 aliphatic rings. The van der Waals surface area contributed by atoms with Crippen LogP contribution in [0.4, 0.5) is 5.69 Å². The van der Waals surface area contributed by atoms with Crippen molar-refractivity contribution in [1.29, 1.82) is 5.26 Å². The zero-order valence-electron chi connectivity index (χ0n) is 15.8. The summed E-state index contributed by atoms with van der Waals surface area (Å²) in [5.74, 6) is -1.20. The molecule has 0 unspecified atom stereocenters. The number of carbonyl (C=O) groups is 1. The molecule has 1 heterocycles. The summed E-state index contributed by atoms with van der Waals surface area (Å²) in [7, 11) is -4.08. The predicted octanol–water partition coefficient (Wildman–Crippen LogP) is 4.66. The first-order valence-electron chi connectivity index (χ1n) is 8.75. The number of nitriles is 1. The molecular weight excluding hydrogens is 408 g/mol. The van der Waals surface area contributed by atoms with Gasteiger partial charge in [0.05, 0.1) is 27.8 Å². The minimum Gasteiger partial charge on any atom is -0.478 e. The van der Waals surface area contributed by atoms with Gasteiger partial charge in [0.1, 0.15) is 0 Å². The minimum atomic E-state index is -4.08. The Morgan fingerprint density at radius 2 is 1.93 bits per heavy atom. The lowest BCUT2D eigenvalue weighted by molar-refractivity contribution is 0.0696. The quantitative estimate of drug-likeness (QED) is 0.596. The van der Waals surface area contributed by atoms with Crippen molar-refractivity contribution in [1.82, 2.24) is 0 Å². The molecule has 148 valence electrons. The Morgan fingerprint density at radius 1 is 1.17 bits per heavy atom. The number of hydrogen-bond donors (Lipinski definition) is 2. The van der Waals surface area contributed by atoms with Crippen molar-refractivity contribution >= 4 is 33.0 Å². The largest absolute Gasteiger partial charge is 0.478 e. The Kier molecular flexibility index (Phi) is 5.73.